The fraction of sp³-hybridized carbons (Fsp3) is 0.412. The number of hydrogen-bond acceptors (Lipinski definition) is 3. The lowest BCUT2D eigenvalue weighted by Crippen LogP contribution is -2.34. The molecule has 0 unspecified atom stereocenters. The third-order valence-corrected chi connectivity index (χ3v) is 4.71. The van der Waals surface area contributed by atoms with Gasteiger partial charge in [0.2, 0.25) is 0 Å². The molecule has 1 aromatic carbocycles. The molecule has 2 aromatic heterocycles. The van der Waals surface area contributed by atoms with Crippen LogP contribution in [0.1, 0.15) is 30.3 Å². The summed E-state index contributed by atoms with van der Waals surface area (Å²) in [4.78, 5) is 7.31. The fourth-order valence-corrected chi connectivity index (χ4v) is 3.48. The van der Waals surface area contributed by atoms with Crippen molar-refractivity contribution < 1.29 is 0 Å². The van der Waals surface area contributed by atoms with E-state index in [4.69, 9.17) is 4.98 Å². The molecule has 3 heterocycles. The van der Waals surface area contributed by atoms with Gasteiger partial charge in [0.25, 0.3) is 0 Å². The topological polar surface area (TPSA) is 49.7 Å². The highest BCUT2D eigenvalue weighted by atomic mass is 15.2. The van der Waals surface area contributed by atoms with Crippen LogP contribution < -0.4 is 0 Å². The number of aryl methyl sites for hydroxylation is 1. The molecular weight excluding hydrogens is 274 g/mol. The largest absolute Gasteiger partial charge is 0.330 e. The molecule has 1 N–H and O–H groups in total. The van der Waals surface area contributed by atoms with Crippen molar-refractivity contribution in [1.29, 1.82) is 0 Å². The first-order chi connectivity index (χ1) is 10.8. The average molecular weight is 295 g/mol. The first kappa shape index (κ1) is 13.5. The number of imidazole rings is 1. The molecule has 114 valence electrons. The van der Waals surface area contributed by atoms with Crippen molar-refractivity contribution in [2.24, 2.45) is 7.05 Å². The quantitative estimate of drug-likeness (QED) is 0.808. The van der Waals surface area contributed by atoms with Crippen molar-refractivity contribution in [3.8, 4) is 0 Å². The number of benzene rings is 1. The van der Waals surface area contributed by atoms with Crippen LogP contribution in [-0.2, 0) is 13.6 Å². The van der Waals surface area contributed by atoms with Crippen LogP contribution in [0.5, 0.6) is 0 Å². The van der Waals surface area contributed by atoms with E-state index in [0.29, 0.717) is 5.92 Å². The second-order valence-corrected chi connectivity index (χ2v) is 6.16. The molecule has 0 radical (unpaired) electrons. The first-order valence-corrected chi connectivity index (χ1v) is 7.93. The van der Waals surface area contributed by atoms with Crippen molar-refractivity contribution in [2.75, 3.05) is 13.1 Å². The zero-order valence-corrected chi connectivity index (χ0v) is 12.9. The van der Waals surface area contributed by atoms with Gasteiger partial charge in [0.15, 0.2) is 0 Å². The zero-order chi connectivity index (χ0) is 14.9. The van der Waals surface area contributed by atoms with E-state index in [1.165, 1.54) is 24.1 Å². The Kier molecular flexibility index (Phi) is 3.42. The van der Waals surface area contributed by atoms with Crippen LogP contribution in [0.4, 0.5) is 0 Å². The van der Waals surface area contributed by atoms with E-state index in [0.717, 1.165) is 31.0 Å². The average Bonchev–Trinajstić information content (AvgIpc) is 3.18. The normalized spacial score (nSPS) is 19.8. The summed E-state index contributed by atoms with van der Waals surface area (Å²) >= 11 is 0. The van der Waals surface area contributed by atoms with Gasteiger partial charge in [0.05, 0.1) is 17.6 Å². The summed E-state index contributed by atoms with van der Waals surface area (Å²) in [6.07, 6.45) is 4.31. The van der Waals surface area contributed by atoms with E-state index in [-0.39, 0.29) is 0 Å². The third kappa shape index (κ3) is 2.41. The Morgan fingerprint density at radius 3 is 3.00 bits per heavy atom. The number of aromatic amines is 1. The lowest BCUT2D eigenvalue weighted by atomic mass is 9.95. The molecular formula is C17H21N5. The fourth-order valence-electron chi connectivity index (χ4n) is 3.48. The monoisotopic (exact) mass is 295 g/mol. The van der Waals surface area contributed by atoms with Crippen LogP contribution in [-0.4, -0.2) is 37.7 Å². The van der Waals surface area contributed by atoms with Crippen molar-refractivity contribution in [1.82, 2.24) is 24.6 Å². The molecule has 0 aliphatic carbocycles. The van der Waals surface area contributed by atoms with Crippen LogP contribution >= 0.6 is 0 Å². The second-order valence-electron chi connectivity index (χ2n) is 6.16. The van der Waals surface area contributed by atoms with Gasteiger partial charge in [0.1, 0.15) is 5.82 Å². The number of fused-ring (bicyclic) bond motifs is 1. The highest BCUT2D eigenvalue weighted by molar-refractivity contribution is 5.75. The SMILES string of the molecule is Cn1c(CN2CCC[C@H](c3ccn[nH]3)C2)nc2ccccc21. The van der Waals surface area contributed by atoms with E-state index in [1.807, 2.05) is 12.3 Å². The van der Waals surface area contributed by atoms with Gasteiger partial charge in [-0.05, 0) is 37.6 Å². The molecule has 0 saturated carbocycles. The Labute approximate surface area is 130 Å². The lowest BCUT2D eigenvalue weighted by molar-refractivity contribution is 0.193. The molecule has 1 atom stereocenters. The van der Waals surface area contributed by atoms with E-state index in [9.17, 15) is 0 Å². The summed E-state index contributed by atoms with van der Waals surface area (Å²) < 4.78 is 2.22. The van der Waals surface area contributed by atoms with Crippen LogP contribution in [0.25, 0.3) is 11.0 Å². The third-order valence-electron chi connectivity index (χ3n) is 4.71. The van der Waals surface area contributed by atoms with Gasteiger partial charge >= 0.3 is 0 Å². The standard InChI is InChI=1S/C17H21N5/c1-21-16-7-3-2-6-15(16)19-17(21)12-22-10-4-5-13(11-22)14-8-9-18-20-14/h2-3,6-9,13H,4-5,10-12H2,1H3,(H,18,20)/t13-/m0/s1. The molecule has 1 fully saturated rings. The van der Waals surface area contributed by atoms with Crippen molar-refractivity contribution in [3.63, 3.8) is 0 Å². The van der Waals surface area contributed by atoms with Gasteiger partial charge in [-0.2, -0.15) is 5.10 Å². The summed E-state index contributed by atoms with van der Waals surface area (Å²) in [7, 11) is 2.11. The Morgan fingerprint density at radius 2 is 2.18 bits per heavy atom. The number of nitrogens with one attached hydrogen (secondary N) is 1. The van der Waals surface area contributed by atoms with Crippen LogP contribution in [0.2, 0.25) is 0 Å². The number of hydrogen-bond donors (Lipinski definition) is 1. The number of piperidine rings is 1. The molecule has 4 rings (SSSR count). The summed E-state index contributed by atoms with van der Waals surface area (Å²) in [5.74, 6) is 1.71. The first-order valence-electron chi connectivity index (χ1n) is 7.93. The number of aromatic nitrogens is 4. The van der Waals surface area contributed by atoms with Gasteiger partial charge in [-0.1, -0.05) is 12.1 Å². The highest BCUT2D eigenvalue weighted by Gasteiger charge is 2.23. The zero-order valence-electron chi connectivity index (χ0n) is 12.9. The Bertz CT molecular complexity index is 759. The van der Waals surface area contributed by atoms with Crippen LogP contribution in [0.3, 0.4) is 0 Å². The minimum absolute atomic E-state index is 0.561. The number of para-hydroxylation sites is 2. The molecule has 1 aliphatic heterocycles. The van der Waals surface area contributed by atoms with Crippen molar-refractivity contribution >= 4 is 11.0 Å². The van der Waals surface area contributed by atoms with Crippen molar-refractivity contribution in [2.45, 2.75) is 25.3 Å². The molecule has 0 bridgehead atoms. The van der Waals surface area contributed by atoms with E-state index in [1.54, 1.807) is 0 Å². The summed E-state index contributed by atoms with van der Waals surface area (Å²) in [6.45, 7) is 3.13. The Balaban J connectivity index is 1.53. The molecule has 1 saturated heterocycles. The number of likely N-dealkylation sites (tertiary alicyclic amines) is 1. The minimum Gasteiger partial charge on any atom is -0.330 e. The number of rotatable bonds is 3. The predicted molar refractivity (Wildman–Crippen MR) is 86.6 cm³/mol. The van der Waals surface area contributed by atoms with E-state index in [2.05, 4.69) is 51.0 Å². The maximum absolute atomic E-state index is 4.80. The second kappa shape index (κ2) is 5.57. The highest BCUT2D eigenvalue weighted by Crippen LogP contribution is 2.26. The molecule has 5 heteroatoms. The van der Waals surface area contributed by atoms with Gasteiger partial charge < -0.3 is 4.57 Å². The molecule has 1 aliphatic rings. The molecule has 5 nitrogen and oxygen atoms in total. The maximum Gasteiger partial charge on any atom is 0.123 e. The molecule has 0 spiro atoms. The Hall–Kier alpha value is -2.14. The minimum atomic E-state index is 0.561. The van der Waals surface area contributed by atoms with Gasteiger partial charge in [0, 0.05) is 31.4 Å². The van der Waals surface area contributed by atoms with Gasteiger partial charge in [-0.3, -0.25) is 10.00 Å². The van der Waals surface area contributed by atoms with E-state index >= 15 is 0 Å². The van der Waals surface area contributed by atoms with Crippen LogP contribution in [0, 0.1) is 0 Å². The summed E-state index contributed by atoms with van der Waals surface area (Å²) in [5.41, 5.74) is 3.55. The van der Waals surface area contributed by atoms with Crippen LogP contribution in [0.15, 0.2) is 36.5 Å². The predicted octanol–water partition coefficient (Wildman–Crippen LogP) is 2.68. The molecule has 3 aromatic rings. The molecule has 22 heavy (non-hydrogen) atoms. The van der Waals surface area contributed by atoms with Gasteiger partial charge in [-0.25, -0.2) is 4.98 Å². The smallest absolute Gasteiger partial charge is 0.123 e. The number of H-pyrrole nitrogens is 1. The maximum atomic E-state index is 4.80. The number of nitrogens with zero attached hydrogens (tertiary/aromatic N) is 4. The van der Waals surface area contributed by atoms with Gasteiger partial charge in [-0.15, -0.1) is 0 Å². The van der Waals surface area contributed by atoms with E-state index < -0.39 is 0 Å². The summed E-state index contributed by atoms with van der Waals surface area (Å²) in [5, 5.41) is 7.22. The Morgan fingerprint density at radius 1 is 1.27 bits per heavy atom. The molecule has 0 amide bonds. The lowest BCUT2D eigenvalue weighted by Gasteiger charge is -2.31. The summed E-state index contributed by atoms with van der Waals surface area (Å²) in [6, 6.07) is 10.4. The van der Waals surface area contributed by atoms with Crippen molar-refractivity contribution in [3.05, 3.63) is 48.0 Å².